The Morgan fingerprint density at radius 1 is 1.29 bits per heavy atom. The Kier molecular flexibility index (Phi) is 9.27. The second-order valence-electron chi connectivity index (χ2n) is 9.69. The van der Waals surface area contributed by atoms with Crippen molar-refractivity contribution in [3.8, 4) is 0 Å². The number of unbranched alkanes of at least 4 members (excludes halogenated alkanes) is 2. The van der Waals surface area contributed by atoms with Gasteiger partial charge in [-0.3, -0.25) is 14.4 Å². The fraction of sp³-hybridized carbons (Fsp3) is 0.731. The number of fused-ring (bicyclic) bond motifs is 1. The summed E-state index contributed by atoms with van der Waals surface area (Å²) >= 11 is 1.66. The Morgan fingerprint density at radius 3 is 2.71 bits per heavy atom. The standard InChI is InChI=1S/C26H40N2O5S/c1-5-8-10-13-27(12-7-3)24(31)22-26-18(4)17-19(34-26)20(25(32)33-16-9-6-2)21(26)23(30)28(22)14-11-15-29/h6-7,18-22,29H,2-3,5,8-17H2,1,4H3/t18?,19-,20+,21+,22?,26?/m1/s1. The van der Waals surface area contributed by atoms with Crippen LogP contribution in [0.3, 0.4) is 0 Å². The molecule has 3 unspecified atom stereocenters. The molecule has 0 aromatic carbocycles. The zero-order valence-corrected chi connectivity index (χ0v) is 21.4. The van der Waals surface area contributed by atoms with Gasteiger partial charge in [0.1, 0.15) is 6.04 Å². The van der Waals surface area contributed by atoms with Crippen molar-refractivity contribution in [3.63, 3.8) is 0 Å². The van der Waals surface area contributed by atoms with E-state index in [1.807, 2.05) is 4.90 Å². The van der Waals surface area contributed by atoms with Crippen LogP contribution in [0, 0.1) is 17.8 Å². The van der Waals surface area contributed by atoms with E-state index in [-0.39, 0.29) is 42.2 Å². The average Bonchev–Trinajstić information content (AvgIpc) is 3.40. The van der Waals surface area contributed by atoms with Crippen molar-refractivity contribution in [1.82, 2.24) is 9.80 Å². The second-order valence-corrected chi connectivity index (χ2v) is 11.2. The lowest BCUT2D eigenvalue weighted by molar-refractivity contribution is -0.154. The molecule has 34 heavy (non-hydrogen) atoms. The molecule has 2 amide bonds. The number of nitrogens with zero attached hydrogens (tertiary/aromatic N) is 2. The highest BCUT2D eigenvalue weighted by atomic mass is 32.2. The lowest BCUT2D eigenvalue weighted by Gasteiger charge is -2.40. The van der Waals surface area contributed by atoms with Crippen molar-refractivity contribution in [2.24, 2.45) is 17.8 Å². The summed E-state index contributed by atoms with van der Waals surface area (Å²) < 4.78 is 4.88. The lowest BCUT2D eigenvalue weighted by Crippen LogP contribution is -2.57. The van der Waals surface area contributed by atoms with E-state index >= 15 is 0 Å². The average molecular weight is 493 g/mol. The highest BCUT2D eigenvalue weighted by Gasteiger charge is 2.76. The minimum absolute atomic E-state index is 0.0246. The lowest BCUT2D eigenvalue weighted by atomic mass is 9.66. The van der Waals surface area contributed by atoms with E-state index in [0.29, 0.717) is 32.5 Å². The molecule has 3 rings (SSSR count). The summed E-state index contributed by atoms with van der Waals surface area (Å²) in [6, 6.07) is -0.644. The van der Waals surface area contributed by atoms with Crippen molar-refractivity contribution in [2.45, 2.75) is 68.4 Å². The third-order valence-electron chi connectivity index (χ3n) is 7.57. The molecule has 7 nitrogen and oxygen atoms in total. The molecule has 0 radical (unpaired) electrons. The normalized spacial score (nSPS) is 31.4. The van der Waals surface area contributed by atoms with Crippen LogP contribution < -0.4 is 0 Å². The van der Waals surface area contributed by atoms with Crippen molar-refractivity contribution >= 4 is 29.5 Å². The van der Waals surface area contributed by atoms with Crippen LogP contribution >= 0.6 is 11.8 Å². The van der Waals surface area contributed by atoms with E-state index < -0.39 is 22.6 Å². The molecule has 0 aromatic heterocycles. The van der Waals surface area contributed by atoms with Crippen LogP contribution in [-0.4, -0.2) is 81.6 Å². The molecule has 2 bridgehead atoms. The highest BCUT2D eigenvalue weighted by Crippen LogP contribution is 2.68. The number of aliphatic hydroxyl groups excluding tert-OH is 1. The monoisotopic (exact) mass is 492 g/mol. The zero-order chi connectivity index (χ0) is 24.9. The van der Waals surface area contributed by atoms with Gasteiger partial charge in [0.25, 0.3) is 0 Å². The zero-order valence-electron chi connectivity index (χ0n) is 20.6. The summed E-state index contributed by atoms with van der Waals surface area (Å²) in [7, 11) is 0. The molecule has 0 aliphatic carbocycles. The SMILES string of the molecule is C=CCCOC(=O)[C@@H]1[C@H]2C(=O)N(CCCO)C(C(=O)N(CC=C)CCCCC)C23S[C@@H]1CC3C. The fourth-order valence-corrected chi connectivity index (χ4v) is 8.46. The van der Waals surface area contributed by atoms with Crippen LogP contribution in [0.4, 0.5) is 0 Å². The number of hydrogen-bond donors (Lipinski definition) is 1. The summed E-state index contributed by atoms with van der Waals surface area (Å²) in [6.45, 7) is 13.3. The molecule has 0 saturated carbocycles. The van der Waals surface area contributed by atoms with E-state index in [9.17, 15) is 19.5 Å². The number of carbonyl (C=O) groups is 3. The van der Waals surface area contributed by atoms with Crippen LogP contribution in [0.15, 0.2) is 25.3 Å². The van der Waals surface area contributed by atoms with Crippen molar-refractivity contribution < 1.29 is 24.2 Å². The smallest absolute Gasteiger partial charge is 0.310 e. The molecule has 3 aliphatic heterocycles. The van der Waals surface area contributed by atoms with Gasteiger partial charge in [-0.15, -0.1) is 24.9 Å². The Labute approximate surface area is 208 Å². The topological polar surface area (TPSA) is 87.1 Å². The number of esters is 1. The Bertz CT molecular complexity index is 789. The van der Waals surface area contributed by atoms with E-state index in [4.69, 9.17) is 4.74 Å². The first-order valence-corrected chi connectivity index (χ1v) is 13.5. The van der Waals surface area contributed by atoms with Gasteiger partial charge < -0.3 is 19.6 Å². The molecular formula is C26H40N2O5S. The summed E-state index contributed by atoms with van der Waals surface area (Å²) in [5.41, 5.74) is 0. The summed E-state index contributed by atoms with van der Waals surface area (Å²) in [5.74, 6) is -1.55. The number of carbonyl (C=O) groups excluding carboxylic acids is 3. The van der Waals surface area contributed by atoms with Crippen LogP contribution in [0.2, 0.25) is 0 Å². The first-order valence-electron chi connectivity index (χ1n) is 12.6. The van der Waals surface area contributed by atoms with Crippen LogP contribution in [0.25, 0.3) is 0 Å². The second kappa shape index (κ2) is 11.8. The van der Waals surface area contributed by atoms with Gasteiger partial charge in [0.2, 0.25) is 11.8 Å². The molecule has 1 spiro atoms. The van der Waals surface area contributed by atoms with Gasteiger partial charge in [0.15, 0.2) is 0 Å². The Balaban J connectivity index is 1.96. The van der Waals surface area contributed by atoms with Gasteiger partial charge in [-0.05, 0) is 31.6 Å². The molecule has 1 N–H and O–H groups in total. The molecule has 3 saturated heterocycles. The third kappa shape index (κ3) is 4.68. The van der Waals surface area contributed by atoms with E-state index in [1.165, 1.54) is 0 Å². The molecule has 3 fully saturated rings. The first-order chi connectivity index (χ1) is 16.4. The van der Waals surface area contributed by atoms with Gasteiger partial charge in [-0.25, -0.2) is 0 Å². The van der Waals surface area contributed by atoms with Crippen molar-refractivity contribution in [1.29, 1.82) is 0 Å². The predicted octanol–water partition coefficient (Wildman–Crippen LogP) is 3.03. The summed E-state index contributed by atoms with van der Waals surface area (Å²) in [6.07, 6.45) is 8.15. The Hall–Kier alpha value is -1.80. The van der Waals surface area contributed by atoms with Crippen molar-refractivity contribution in [3.05, 3.63) is 25.3 Å². The van der Waals surface area contributed by atoms with E-state index in [2.05, 4.69) is 27.0 Å². The molecule has 6 atom stereocenters. The quantitative estimate of drug-likeness (QED) is 0.228. The van der Waals surface area contributed by atoms with Crippen LogP contribution in [0.1, 0.15) is 52.4 Å². The van der Waals surface area contributed by atoms with Crippen LogP contribution in [-0.2, 0) is 19.1 Å². The van der Waals surface area contributed by atoms with Gasteiger partial charge in [0, 0.05) is 31.5 Å². The van der Waals surface area contributed by atoms with Gasteiger partial charge in [-0.1, -0.05) is 38.8 Å². The molecule has 3 aliphatic rings. The predicted molar refractivity (Wildman–Crippen MR) is 134 cm³/mol. The fourth-order valence-electron chi connectivity index (χ4n) is 6.06. The third-order valence-corrected chi connectivity index (χ3v) is 9.64. The Morgan fingerprint density at radius 2 is 2.06 bits per heavy atom. The maximum atomic E-state index is 14.1. The number of ether oxygens (including phenoxy) is 1. The number of thioether (sulfide) groups is 1. The number of likely N-dealkylation sites (tertiary alicyclic amines) is 1. The van der Waals surface area contributed by atoms with Crippen LogP contribution in [0.5, 0.6) is 0 Å². The molecule has 8 heteroatoms. The first kappa shape index (κ1) is 26.8. The van der Waals surface area contributed by atoms with Crippen molar-refractivity contribution in [2.75, 3.05) is 32.8 Å². The van der Waals surface area contributed by atoms with E-state index in [0.717, 1.165) is 25.7 Å². The maximum absolute atomic E-state index is 14.1. The molecule has 190 valence electrons. The largest absolute Gasteiger partial charge is 0.465 e. The summed E-state index contributed by atoms with van der Waals surface area (Å²) in [5, 5.41) is 9.46. The molecule has 3 heterocycles. The number of rotatable bonds is 14. The van der Waals surface area contributed by atoms with Gasteiger partial charge >= 0.3 is 5.97 Å². The van der Waals surface area contributed by atoms with Gasteiger partial charge in [-0.2, -0.15) is 0 Å². The number of amides is 2. The minimum atomic E-state index is -0.652. The molecular weight excluding hydrogens is 452 g/mol. The van der Waals surface area contributed by atoms with E-state index in [1.54, 1.807) is 28.8 Å². The van der Waals surface area contributed by atoms with Gasteiger partial charge in [0.05, 0.1) is 23.2 Å². The number of hydrogen-bond acceptors (Lipinski definition) is 6. The minimum Gasteiger partial charge on any atom is -0.465 e. The highest BCUT2D eigenvalue weighted by molar-refractivity contribution is 8.02. The summed E-state index contributed by atoms with van der Waals surface area (Å²) in [4.78, 5) is 44.5. The maximum Gasteiger partial charge on any atom is 0.310 e. The number of aliphatic hydroxyl groups is 1. The molecule has 0 aromatic rings.